The molecule has 0 saturated heterocycles. The van der Waals surface area contributed by atoms with Crippen LogP contribution < -0.4 is 10.6 Å². The van der Waals surface area contributed by atoms with Crippen molar-refractivity contribution < 1.29 is 9.59 Å². The van der Waals surface area contributed by atoms with E-state index in [0.29, 0.717) is 11.6 Å². The Kier molecular flexibility index (Phi) is 6.58. The maximum Gasteiger partial charge on any atom is 0.244 e. The lowest BCUT2D eigenvalue weighted by Crippen LogP contribution is -2.44. The lowest BCUT2D eigenvalue weighted by molar-refractivity contribution is -0.126. The molecule has 2 amide bonds. The number of nitrogens with one attached hydrogen (secondary N) is 2. The minimum atomic E-state index is -0.620. The summed E-state index contributed by atoms with van der Waals surface area (Å²) in [5.74, 6) is -0.556. The van der Waals surface area contributed by atoms with Crippen molar-refractivity contribution in [1.82, 2.24) is 10.6 Å². The molecule has 0 heterocycles. The molecule has 0 aliphatic carbocycles. The molecular formula is C19H19ClN2O2. The van der Waals surface area contributed by atoms with Gasteiger partial charge in [0.1, 0.15) is 6.04 Å². The second-order valence-electron chi connectivity index (χ2n) is 5.32. The van der Waals surface area contributed by atoms with E-state index >= 15 is 0 Å². The Morgan fingerprint density at radius 2 is 1.75 bits per heavy atom. The maximum atomic E-state index is 12.0. The van der Waals surface area contributed by atoms with Gasteiger partial charge in [0.25, 0.3) is 0 Å². The number of rotatable bonds is 6. The van der Waals surface area contributed by atoms with Crippen LogP contribution in [-0.4, -0.2) is 17.9 Å². The van der Waals surface area contributed by atoms with Crippen molar-refractivity contribution in [3.63, 3.8) is 0 Å². The van der Waals surface area contributed by atoms with Gasteiger partial charge in [-0.1, -0.05) is 54.1 Å². The number of hydrogen-bond acceptors (Lipinski definition) is 2. The summed E-state index contributed by atoms with van der Waals surface area (Å²) in [6.07, 6.45) is 3.12. The van der Waals surface area contributed by atoms with Crippen LogP contribution in [0, 0.1) is 0 Å². The van der Waals surface area contributed by atoms with Crippen LogP contribution in [0.2, 0.25) is 5.02 Å². The van der Waals surface area contributed by atoms with Gasteiger partial charge in [0.05, 0.1) is 0 Å². The van der Waals surface area contributed by atoms with Crippen molar-refractivity contribution in [2.24, 2.45) is 0 Å². The summed E-state index contributed by atoms with van der Waals surface area (Å²) < 4.78 is 0. The molecule has 4 nitrogen and oxygen atoms in total. The fourth-order valence-electron chi connectivity index (χ4n) is 2.01. The van der Waals surface area contributed by atoms with Crippen LogP contribution in [0.5, 0.6) is 0 Å². The van der Waals surface area contributed by atoms with Crippen LogP contribution >= 0.6 is 11.6 Å². The Morgan fingerprint density at radius 3 is 2.42 bits per heavy atom. The molecule has 124 valence electrons. The number of halogens is 1. The normalized spacial score (nSPS) is 11.9. The molecule has 0 radical (unpaired) electrons. The van der Waals surface area contributed by atoms with E-state index in [1.54, 1.807) is 25.1 Å². The second kappa shape index (κ2) is 8.89. The Hall–Kier alpha value is -2.59. The molecule has 5 heteroatoms. The van der Waals surface area contributed by atoms with Gasteiger partial charge in [0.15, 0.2) is 0 Å². The standard InChI is InChI=1S/C19H19ClN2O2/c1-14(19(24)21-13-16-7-10-17(20)11-8-16)22-18(23)12-9-15-5-3-2-4-6-15/h2-12,14H,13H2,1H3,(H,21,24)(H,22,23)/b12-9+. The molecule has 0 spiro atoms. The van der Waals surface area contributed by atoms with E-state index in [-0.39, 0.29) is 11.8 Å². The van der Waals surface area contributed by atoms with Crippen LogP contribution in [0.3, 0.4) is 0 Å². The Balaban J connectivity index is 1.79. The summed E-state index contributed by atoms with van der Waals surface area (Å²) in [5.41, 5.74) is 1.86. The summed E-state index contributed by atoms with van der Waals surface area (Å²) in [7, 11) is 0. The SMILES string of the molecule is CC(NC(=O)/C=C/c1ccccc1)C(=O)NCc1ccc(Cl)cc1. The molecule has 1 unspecified atom stereocenters. The zero-order valence-corrected chi connectivity index (χ0v) is 14.1. The van der Waals surface area contributed by atoms with Crippen molar-refractivity contribution in [1.29, 1.82) is 0 Å². The van der Waals surface area contributed by atoms with E-state index in [1.165, 1.54) is 6.08 Å². The minimum Gasteiger partial charge on any atom is -0.350 e. The summed E-state index contributed by atoms with van der Waals surface area (Å²) in [6.45, 7) is 2.03. The molecule has 0 bridgehead atoms. The third kappa shape index (κ3) is 5.89. The molecular weight excluding hydrogens is 324 g/mol. The summed E-state index contributed by atoms with van der Waals surface area (Å²) in [5, 5.41) is 6.06. The molecule has 2 aromatic carbocycles. The van der Waals surface area contributed by atoms with Gasteiger partial charge in [-0.3, -0.25) is 9.59 Å². The van der Waals surface area contributed by atoms with E-state index in [9.17, 15) is 9.59 Å². The highest BCUT2D eigenvalue weighted by Crippen LogP contribution is 2.09. The summed E-state index contributed by atoms with van der Waals surface area (Å²) in [4.78, 5) is 23.9. The van der Waals surface area contributed by atoms with E-state index in [2.05, 4.69) is 10.6 Å². The first-order chi connectivity index (χ1) is 11.5. The zero-order chi connectivity index (χ0) is 17.4. The van der Waals surface area contributed by atoms with Crippen molar-refractivity contribution in [2.75, 3.05) is 0 Å². The van der Waals surface area contributed by atoms with Gasteiger partial charge >= 0.3 is 0 Å². The average molecular weight is 343 g/mol. The Morgan fingerprint density at radius 1 is 1.08 bits per heavy atom. The molecule has 1 atom stereocenters. The highest BCUT2D eigenvalue weighted by atomic mass is 35.5. The van der Waals surface area contributed by atoms with Crippen LogP contribution in [0.25, 0.3) is 6.08 Å². The smallest absolute Gasteiger partial charge is 0.244 e. The van der Waals surface area contributed by atoms with Gasteiger partial charge in [-0.05, 0) is 36.3 Å². The fraction of sp³-hybridized carbons (Fsp3) is 0.158. The predicted molar refractivity (Wildman–Crippen MR) is 96.4 cm³/mol. The average Bonchev–Trinajstić information content (AvgIpc) is 2.60. The van der Waals surface area contributed by atoms with Crippen LogP contribution in [-0.2, 0) is 16.1 Å². The largest absolute Gasteiger partial charge is 0.350 e. The highest BCUT2D eigenvalue weighted by Gasteiger charge is 2.13. The van der Waals surface area contributed by atoms with Crippen LogP contribution in [0.1, 0.15) is 18.1 Å². The summed E-state index contributed by atoms with van der Waals surface area (Å²) in [6, 6.07) is 16.1. The van der Waals surface area contributed by atoms with Gasteiger partial charge in [-0.25, -0.2) is 0 Å². The Bertz CT molecular complexity index is 712. The molecule has 0 aliphatic rings. The maximum absolute atomic E-state index is 12.0. The number of amides is 2. The molecule has 0 aliphatic heterocycles. The lowest BCUT2D eigenvalue weighted by atomic mass is 10.2. The van der Waals surface area contributed by atoms with Gasteiger partial charge in [-0.2, -0.15) is 0 Å². The molecule has 24 heavy (non-hydrogen) atoms. The molecule has 2 aromatic rings. The molecule has 0 aromatic heterocycles. The van der Waals surface area contributed by atoms with E-state index < -0.39 is 6.04 Å². The number of carbonyl (C=O) groups excluding carboxylic acids is 2. The predicted octanol–water partition coefficient (Wildman–Crippen LogP) is 3.17. The van der Waals surface area contributed by atoms with E-state index in [0.717, 1.165) is 11.1 Å². The fourth-order valence-corrected chi connectivity index (χ4v) is 2.13. The third-order valence-electron chi connectivity index (χ3n) is 3.36. The Labute approximate surface area is 146 Å². The quantitative estimate of drug-likeness (QED) is 0.792. The molecule has 0 saturated carbocycles. The van der Waals surface area contributed by atoms with Gasteiger partial charge in [-0.15, -0.1) is 0 Å². The molecule has 2 rings (SSSR count). The van der Waals surface area contributed by atoms with Gasteiger partial charge in [0, 0.05) is 17.6 Å². The van der Waals surface area contributed by atoms with Crippen molar-refractivity contribution in [3.8, 4) is 0 Å². The lowest BCUT2D eigenvalue weighted by Gasteiger charge is -2.13. The summed E-state index contributed by atoms with van der Waals surface area (Å²) >= 11 is 5.81. The van der Waals surface area contributed by atoms with Crippen LogP contribution in [0.15, 0.2) is 60.7 Å². The number of hydrogen-bond donors (Lipinski definition) is 2. The topological polar surface area (TPSA) is 58.2 Å². The first-order valence-electron chi connectivity index (χ1n) is 7.60. The van der Waals surface area contributed by atoms with Gasteiger partial charge in [0.2, 0.25) is 11.8 Å². The van der Waals surface area contributed by atoms with Crippen LogP contribution in [0.4, 0.5) is 0 Å². The van der Waals surface area contributed by atoms with Crippen molar-refractivity contribution in [3.05, 3.63) is 76.8 Å². The second-order valence-corrected chi connectivity index (χ2v) is 5.75. The first-order valence-corrected chi connectivity index (χ1v) is 7.98. The van der Waals surface area contributed by atoms with Gasteiger partial charge < -0.3 is 10.6 Å². The highest BCUT2D eigenvalue weighted by molar-refractivity contribution is 6.30. The number of carbonyl (C=O) groups is 2. The van der Waals surface area contributed by atoms with E-state index in [1.807, 2.05) is 42.5 Å². The minimum absolute atomic E-state index is 0.244. The first kappa shape index (κ1) is 17.8. The van der Waals surface area contributed by atoms with Crippen molar-refractivity contribution >= 4 is 29.5 Å². The van der Waals surface area contributed by atoms with E-state index in [4.69, 9.17) is 11.6 Å². The van der Waals surface area contributed by atoms with Crippen molar-refractivity contribution in [2.45, 2.75) is 19.5 Å². The number of benzene rings is 2. The molecule has 2 N–H and O–H groups in total. The zero-order valence-electron chi connectivity index (χ0n) is 13.3. The monoisotopic (exact) mass is 342 g/mol. The molecule has 0 fully saturated rings. The third-order valence-corrected chi connectivity index (χ3v) is 3.61.